The van der Waals surface area contributed by atoms with Crippen LogP contribution in [0.25, 0.3) is 0 Å². The van der Waals surface area contributed by atoms with E-state index in [1.165, 1.54) is 25.1 Å². The van der Waals surface area contributed by atoms with E-state index in [0.717, 1.165) is 5.41 Å². The van der Waals surface area contributed by atoms with Crippen LogP contribution in [0, 0.1) is 0 Å². The standard InChI is InChI=1S/C12H14O4S/c1-11(13)16-9-5-6-10-17(14,15)12-7-3-2-4-8-12/h2-4,6-8,10H,5,9H2,1H3/b10-6+. The molecule has 0 atom stereocenters. The Balaban J connectivity index is 2.56. The van der Waals surface area contributed by atoms with Gasteiger partial charge >= 0.3 is 5.97 Å². The molecule has 0 amide bonds. The molecule has 0 N–H and O–H groups in total. The van der Waals surface area contributed by atoms with E-state index in [1.807, 2.05) is 0 Å². The molecule has 0 fully saturated rings. The summed E-state index contributed by atoms with van der Waals surface area (Å²) in [5.74, 6) is -0.371. The lowest BCUT2D eigenvalue weighted by atomic mass is 10.4. The average Bonchev–Trinajstić information content (AvgIpc) is 2.29. The van der Waals surface area contributed by atoms with Crippen LogP contribution in [0.5, 0.6) is 0 Å². The Morgan fingerprint density at radius 3 is 2.53 bits per heavy atom. The Hall–Kier alpha value is -1.62. The summed E-state index contributed by atoms with van der Waals surface area (Å²) >= 11 is 0. The molecule has 0 spiro atoms. The second-order valence-electron chi connectivity index (χ2n) is 3.36. The number of ether oxygens (including phenoxy) is 1. The third kappa shape index (κ3) is 4.82. The maximum Gasteiger partial charge on any atom is 0.302 e. The Labute approximate surface area is 101 Å². The van der Waals surface area contributed by atoms with Gasteiger partial charge in [0.1, 0.15) is 0 Å². The molecule has 1 aromatic carbocycles. The van der Waals surface area contributed by atoms with E-state index >= 15 is 0 Å². The van der Waals surface area contributed by atoms with Gasteiger partial charge in [-0.05, 0) is 12.1 Å². The lowest BCUT2D eigenvalue weighted by Crippen LogP contribution is -2.00. The van der Waals surface area contributed by atoms with Crippen molar-refractivity contribution in [3.63, 3.8) is 0 Å². The molecule has 0 aliphatic rings. The van der Waals surface area contributed by atoms with Crippen LogP contribution < -0.4 is 0 Å². The highest BCUT2D eigenvalue weighted by atomic mass is 32.2. The lowest BCUT2D eigenvalue weighted by Gasteiger charge is -1.99. The summed E-state index contributed by atoms with van der Waals surface area (Å²) in [6.45, 7) is 1.50. The minimum atomic E-state index is -3.38. The molecule has 92 valence electrons. The molecule has 0 unspecified atom stereocenters. The maximum atomic E-state index is 11.7. The molecule has 0 aromatic heterocycles. The largest absolute Gasteiger partial charge is 0.466 e. The van der Waals surface area contributed by atoms with Gasteiger partial charge in [0.2, 0.25) is 0 Å². The van der Waals surface area contributed by atoms with Gasteiger partial charge in [-0.2, -0.15) is 0 Å². The Bertz CT molecular complexity index is 488. The molecule has 0 aliphatic heterocycles. The third-order valence-corrected chi connectivity index (χ3v) is 3.42. The van der Waals surface area contributed by atoms with Crippen molar-refractivity contribution >= 4 is 15.8 Å². The fourth-order valence-corrected chi connectivity index (χ4v) is 2.24. The monoisotopic (exact) mass is 254 g/mol. The van der Waals surface area contributed by atoms with Gasteiger partial charge in [0, 0.05) is 18.8 Å². The van der Waals surface area contributed by atoms with E-state index in [4.69, 9.17) is 0 Å². The zero-order valence-electron chi connectivity index (χ0n) is 9.50. The molecule has 0 saturated heterocycles. The van der Waals surface area contributed by atoms with E-state index in [1.54, 1.807) is 18.2 Å². The van der Waals surface area contributed by atoms with Crippen LogP contribution in [0.4, 0.5) is 0 Å². The van der Waals surface area contributed by atoms with Crippen molar-refractivity contribution < 1.29 is 17.9 Å². The molecule has 0 heterocycles. The minimum Gasteiger partial charge on any atom is -0.466 e. The first-order chi connectivity index (χ1) is 8.02. The summed E-state index contributed by atoms with van der Waals surface area (Å²) in [6, 6.07) is 8.15. The van der Waals surface area contributed by atoms with Crippen molar-refractivity contribution in [1.29, 1.82) is 0 Å². The number of sulfone groups is 1. The summed E-state index contributed by atoms with van der Waals surface area (Å²) in [5.41, 5.74) is 0. The molecule has 1 rings (SSSR count). The molecule has 0 bridgehead atoms. The van der Waals surface area contributed by atoms with Crippen molar-refractivity contribution in [1.82, 2.24) is 0 Å². The van der Waals surface area contributed by atoms with E-state index in [9.17, 15) is 13.2 Å². The van der Waals surface area contributed by atoms with Crippen LogP contribution in [0.1, 0.15) is 13.3 Å². The molecule has 5 heteroatoms. The molecule has 4 nitrogen and oxygen atoms in total. The summed E-state index contributed by atoms with van der Waals surface area (Å²) in [5, 5.41) is 1.13. The second kappa shape index (κ2) is 6.20. The van der Waals surface area contributed by atoms with Gasteiger partial charge in [0.15, 0.2) is 9.84 Å². The predicted octanol–water partition coefficient (Wildman–Crippen LogP) is 1.93. The molecule has 0 radical (unpaired) electrons. The van der Waals surface area contributed by atoms with E-state index in [2.05, 4.69) is 4.74 Å². The Morgan fingerprint density at radius 1 is 1.29 bits per heavy atom. The van der Waals surface area contributed by atoms with Crippen molar-refractivity contribution in [3.05, 3.63) is 41.8 Å². The molecular formula is C12H14O4S. The highest BCUT2D eigenvalue weighted by Gasteiger charge is 2.08. The molecule has 0 aliphatic carbocycles. The van der Waals surface area contributed by atoms with E-state index in [0.29, 0.717) is 6.42 Å². The Morgan fingerprint density at radius 2 is 1.94 bits per heavy atom. The fourth-order valence-electron chi connectivity index (χ4n) is 1.15. The van der Waals surface area contributed by atoms with E-state index in [-0.39, 0.29) is 17.5 Å². The summed E-state index contributed by atoms with van der Waals surface area (Å²) in [7, 11) is -3.38. The van der Waals surface area contributed by atoms with Gasteiger partial charge in [-0.25, -0.2) is 8.42 Å². The highest BCUT2D eigenvalue weighted by Crippen LogP contribution is 2.11. The predicted molar refractivity (Wildman–Crippen MR) is 64.0 cm³/mol. The quantitative estimate of drug-likeness (QED) is 0.595. The Kier molecular flexibility index (Phi) is 4.90. The normalized spacial score (nSPS) is 11.6. The van der Waals surface area contributed by atoms with Crippen LogP contribution in [0.3, 0.4) is 0 Å². The average molecular weight is 254 g/mol. The highest BCUT2D eigenvalue weighted by molar-refractivity contribution is 7.94. The van der Waals surface area contributed by atoms with Crippen LogP contribution in [-0.2, 0) is 19.4 Å². The van der Waals surface area contributed by atoms with Crippen LogP contribution in [0.15, 0.2) is 46.7 Å². The molecule has 17 heavy (non-hydrogen) atoms. The number of rotatable bonds is 5. The van der Waals surface area contributed by atoms with Crippen LogP contribution >= 0.6 is 0 Å². The van der Waals surface area contributed by atoms with Crippen molar-refractivity contribution in [2.45, 2.75) is 18.2 Å². The number of carbonyl (C=O) groups is 1. The number of hydrogen-bond donors (Lipinski definition) is 0. The first-order valence-electron chi connectivity index (χ1n) is 5.12. The van der Waals surface area contributed by atoms with Crippen molar-refractivity contribution in [3.8, 4) is 0 Å². The summed E-state index contributed by atoms with van der Waals surface area (Å²) in [6.07, 6.45) is 1.86. The third-order valence-electron chi connectivity index (χ3n) is 1.94. The minimum absolute atomic E-state index is 0.191. The van der Waals surface area contributed by atoms with Gasteiger partial charge in [0.25, 0.3) is 0 Å². The number of esters is 1. The molecule has 1 aromatic rings. The second-order valence-corrected chi connectivity index (χ2v) is 5.19. The first-order valence-corrected chi connectivity index (χ1v) is 6.67. The zero-order valence-corrected chi connectivity index (χ0v) is 10.3. The summed E-state index contributed by atoms with van der Waals surface area (Å²) < 4.78 is 28.1. The van der Waals surface area contributed by atoms with Gasteiger partial charge in [-0.1, -0.05) is 24.3 Å². The van der Waals surface area contributed by atoms with Gasteiger partial charge in [-0.15, -0.1) is 0 Å². The number of hydrogen-bond acceptors (Lipinski definition) is 4. The number of carbonyl (C=O) groups excluding carboxylic acids is 1. The van der Waals surface area contributed by atoms with Gasteiger partial charge < -0.3 is 4.74 Å². The SMILES string of the molecule is CC(=O)OCC/C=C/S(=O)(=O)c1ccccc1. The number of benzene rings is 1. The smallest absolute Gasteiger partial charge is 0.302 e. The van der Waals surface area contributed by atoms with Gasteiger partial charge in [-0.3, -0.25) is 4.79 Å². The van der Waals surface area contributed by atoms with E-state index < -0.39 is 9.84 Å². The first kappa shape index (κ1) is 13.4. The molecule has 0 saturated carbocycles. The fraction of sp³-hybridized carbons (Fsp3) is 0.250. The van der Waals surface area contributed by atoms with Gasteiger partial charge in [0.05, 0.1) is 11.5 Å². The molecular weight excluding hydrogens is 240 g/mol. The lowest BCUT2D eigenvalue weighted by molar-refractivity contribution is -0.140. The van der Waals surface area contributed by atoms with Crippen LogP contribution in [-0.4, -0.2) is 21.0 Å². The summed E-state index contributed by atoms with van der Waals surface area (Å²) in [4.78, 5) is 10.7. The maximum absolute atomic E-state index is 11.7. The van der Waals surface area contributed by atoms with Crippen LogP contribution in [0.2, 0.25) is 0 Å². The zero-order chi connectivity index (χ0) is 12.7. The van der Waals surface area contributed by atoms with Crippen molar-refractivity contribution in [2.75, 3.05) is 6.61 Å². The van der Waals surface area contributed by atoms with Crippen molar-refractivity contribution in [2.24, 2.45) is 0 Å². The topological polar surface area (TPSA) is 60.4 Å².